The van der Waals surface area contributed by atoms with Crippen molar-refractivity contribution in [2.45, 2.75) is 66.6 Å². The molecule has 0 amide bonds. The highest BCUT2D eigenvalue weighted by atomic mass is 16.7. The van der Waals surface area contributed by atoms with Gasteiger partial charge in [0.1, 0.15) is 5.58 Å². The van der Waals surface area contributed by atoms with Crippen molar-refractivity contribution in [3.63, 3.8) is 0 Å². The molecule has 0 aliphatic carbocycles. The van der Waals surface area contributed by atoms with Gasteiger partial charge in [-0.05, 0) is 18.4 Å². The van der Waals surface area contributed by atoms with Crippen molar-refractivity contribution in [3.05, 3.63) is 23.5 Å². The zero-order chi connectivity index (χ0) is 16.5. The summed E-state index contributed by atoms with van der Waals surface area (Å²) in [5.41, 5.74) is 3.03. The summed E-state index contributed by atoms with van der Waals surface area (Å²) in [6.07, 6.45) is 1.73. The molecule has 0 fully saturated rings. The smallest absolute Gasteiger partial charge is 0.253 e. The van der Waals surface area contributed by atoms with Crippen molar-refractivity contribution < 1.29 is 13.9 Å². The number of ether oxygens (including phenoxy) is 2. The SMILES string of the molecule is Cc1c2c(c3ccoc3c1C(C)(C)C)OC(C)(C(C)(C)C)O2. The molecule has 1 aromatic carbocycles. The number of fused-ring (bicyclic) bond motifs is 3. The molecule has 0 spiro atoms. The van der Waals surface area contributed by atoms with Crippen LogP contribution in [0, 0.1) is 12.3 Å². The molecule has 1 unspecified atom stereocenters. The second kappa shape index (κ2) is 4.21. The van der Waals surface area contributed by atoms with Crippen LogP contribution in [0.4, 0.5) is 0 Å². The summed E-state index contributed by atoms with van der Waals surface area (Å²) < 4.78 is 18.4. The molecule has 0 radical (unpaired) electrons. The Labute approximate surface area is 132 Å². The maximum Gasteiger partial charge on any atom is 0.253 e. The minimum atomic E-state index is -0.680. The van der Waals surface area contributed by atoms with Gasteiger partial charge in [0.05, 0.1) is 11.6 Å². The molecule has 120 valence electrons. The van der Waals surface area contributed by atoms with Crippen molar-refractivity contribution in [2.24, 2.45) is 5.41 Å². The van der Waals surface area contributed by atoms with E-state index in [0.29, 0.717) is 0 Å². The molecule has 0 N–H and O–H groups in total. The van der Waals surface area contributed by atoms with Crippen molar-refractivity contribution in [1.82, 2.24) is 0 Å². The molecule has 2 heterocycles. The summed E-state index contributed by atoms with van der Waals surface area (Å²) >= 11 is 0. The van der Waals surface area contributed by atoms with Crippen LogP contribution in [0.15, 0.2) is 16.7 Å². The number of furan rings is 1. The summed E-state index contributed by atoms with van der Waals surface area (Å²) in [5, 5.41) is 0.999. The van der Waals surface area contributed by atoms with Gasteiger partial charge in [-0.25, -0.2) is 0 Å². The lowest BCUT2D eigenvalue weighted by atomic mass is 9.82. The molecule has 3 heteroatoms. The third kappa shape index (κ3) is 1.94. The van der Waals surface area contributed by atoms with Crippen LogP contribution in [0.3, 0.4) is 0 Å². The van der Waals surface area contributed by atoms with Crippen LogP contribution in [0.2, 0.25) is 0 Å². The van der Waals surface area contributed by atoms with E-state index in [2.05, 4.69) is 48.5 Å². The molecule has 22 heavy (non-hydrogen) atoms. The van der Waals surface area contributed by atoms with Gasteiger partial charge in [-0.15, -0.1) is 0 Å². The van der Waals surface area contributed by atoms with Crippen LogP contribution >= 0.6 is 0 Å². The fourth-order valence-corrected chi connectivity index (χ4v) is 3.10. The Bertz CT molecular complexity index is 741. The van der Waals surface area contributed by atoms with Gasteiger partial charge >= 0.3 is 0 Å². The second-order valence-electron chi connectivity index (χ2n) is 8.47. The van der Waals surface area contributed by atoms with Crippen LogP contribution in [0.5, 0.6) is 11.5 Å². The van der Waals surface area contributed by atoms with Gasteiger partial charge in [0.2, 0.25) is 0 Å². The molecule has 0 saturated heterocycles. The topological polar surface area (TPSA) is 31.6 Å². The summed E-state index contributed by atoms with van der Waals surface area (Å²) in [7, 11) is 0. The van der Waals surface area contributed by atoms with E-state index in [1.165, 1.54) is 5.56 Å². The fraction of sp³-hybridized carbons (Fsp3) is 0.579. The van der Waals surface area contributed by atoms with Crippen LogP contribution in [-0.2, 0) is 5.41 Å². The lowest BCUT2D eigenvalue weighted by Crippen LogP contribution is -2.47. The van der Waals surface area contributed by atoms with Gasteiger partial charge in [0.15, 0.2) is 11.5 Å². The molecule has 1 aliphatic rings. The quantitative estimate of drug-likeness (QED) is 0.637. The molecule has 3 rings (SSSR count). The summed E-state index contributed by atoms with van der Waals surface area (Å²) in [4.78, 5) is 0. The first kappa shape index (κ1) is 15.3. The van der Waals surface area contributed by atoms with E-state index in [9.17, 15) is 0 Å². The van der Waals surface area contributed by atoms with Crippen molar-refractivity contribution in [3.8, 4) is 11.5 Å². The maximum atomic E-state index is 6.34. The minimum absolute atomic E-state index is 0.0285. The first-order valence-electron chi connectivity index (χ1n) is 7.88. The Hall–Kier alpha value is -1.64. The lowest BCUT2D eigenvalue weighted by molar-refractivity contribution is -0.142. The highest BCUT2D eigenvalue weighted by Crippen LogP contribution is 2.54. The monoisotopic (exact) mass is 302 g/mol. The molecule has 1 aliphatic heterocycles. The van der Waals surface area contributed by atoms with Crippen LogP contribution in [-0.4, -0.2) is 5.79 Å². The average Bonchev–Trinajstić information content (AvgIpc) is 2.90. The van der Waals surface area contributed by atoms with Crippen molar-refractivity contribution in [2.75, 3.05) is 0 Å². The Morgan fingerprint density at radius 3 is 2.09 bits per heavy atom. The highest BCUT2D eigenvalue weighted by molar-refractivity contribution is 5.92. The third-order valence-electron chi connectivity index (χ3n) is 4.76. The van der Waals surface area contributed by atoms with Crippen molar-refractivity contribution >= 4 is 11.0 Å². The van der Waals surface area contributed by atoms with E-state index in [1.54, 1.807) is 6.26 Å². The van der Waals surface area contributed by atoms with Gasteiger partial charge in [0, 0.05) is 23.5 Å². The van der Waals surface area contributed by atoms with Gasteiger partial charge in [-0.3, -0.25) is 0 Å². The first-order valence-corrected chi connectivity index (χ1v) is 7.88. The predicted molar refractivity (Wildman–Crippen MR) is 88.8 cm³/mol. The van der Waals surface area contributed by atoms with Crippen LogP contribution < -0.4 is 9.47 Å². The normalized spacial score (nSPS) is 21.6. The molecular formula is C19H26O3. The number of rotatable bonds is 0. The molecule has 0 saturated carbocycles. The molecule has 0 bridgehead atoms. The average molecular weight is 302 g/mol. The number of hydrogen-bond acceptors (Lipinski definition) is 3. The predicted octanol–water partition coefficient (Wildman–Crippen LogP) is 5.57. The largest absolute Gasteiger partial charge is 0.464 e. The first-order chi connectivity index (χ1) is 9.96. The summed E-state index contributed by atoms with van der Waals surface area (Å²) in [5.74, 6) is 0.990. The van der Waals surface area contributed by atoms with E-state index in [4.69, 9.17) is 13.9 Å². The van der Waals surface area contributed by atoms with E-state index in [0.717, 1.165) is 28.0 Å². The van der Waals surface area contributed by atoms with Gasteiger partial charge in [-0.1, -0.05) is 41.5 Å². The van der Waals surface area contributed by atoms with E-state index in [-0.39, 0.29) is 10.8 Å². The van der Waals surface area contributed by atoms with Gasteiger partial charge < -0.3 is 13.9 Å². The zero-order valence-corrected chi connectivity index (χ0v) is 14.9. The number of benzene rings is 1. The minimum Gasteiger partial charge on any atom is -0.464 e. The Morgan fingerprint density at radius 2 is 1.55 bits per heavy atom. The fourth-order valence-electron chi connectivity index (χ4n) is 3.10. The standard InChI is InChI=1S/C19H26O3/c1-11-13(17(2,3)4)15-12(9-10-20-15)16-14(11)21-19(8,22-16)18(5,6)7/h9-10H,1-8H3. The van der Waals surface area contributed by atoms with Crippen molar-refractivity contribution in [1.29, 1.82) is 0 Å². The second-order valence-corrected chi connectivity index (χ2v) is 8.47. The highest BCUT2D eigenvalue weighted by Gasteiger charge is 2.49. The summed E-state index contributed by atoms with van der Waals surface area (Å²) in [6, 6.07) is 1.97. The zero-order valence-electron chi connectivity index (χ0n) is 14.9. The Morgan fingerprint density at radius 1 is 0.955 bits per heavy atom. The lowest BCUT2D eigenvalue weighted by Gasteiger charge is -2.36. The van der Waals surface area contributed by atoms with Crippen LogP contribution in [0.1, 0.15) is 59.6 Å². The van der Waals surface area contributed by atoms with E-state index < -0.39 is 5.79 Å². The number of hydrogen-bond donors (Lipinski definition) is 0. The van der Waals surface area contributed by atoms with Gasteiger partial charge in [-0.2, -0.15) is 0 Å². The summed E-state index contributed by atoms with van der Waals surface area (Å²) in [6.45, 7) is 17.1. The maximum absolute atomic E-state index is 6.34. The third-order valence-corrected chi connectivity index (χ3v) is 4.76. The molecule has 1 atom stereocenters. The van der Waals surface area contributed by atoms with Gasteiger partial charge in [0.25, 0.3) is 5.79 Å². The Kier molecular flexibility index (Phi) is 2.92. The molecule has 1 aromatic heterocycles. The molecule has 2 aromatic rings. The van der Waals surface area contributed by atoms with E-state index >= 15 is 0 Å². The Balaban J connectivity index is 2.31. The molecule has 3 nitrogen and oxygen atoms in total. The van der Waals surface area contributed by atoms with E-state index in [1.807, 2.05) is 13.0 Å². The molecular weight excluding hydrogens is 276 g/mol. The van der Waals surface area contributed by atoms with Crippen LogP contribution in [0.25, 0.3) is 11.0 Å².